The highest BCUT2D eigenvalue weighted by Crippen LogP contribution is 2.66. The third kappa shape index (κ3) is 14.3. The first-order valence-electron chi connectivity index (χ1n) is 27.8. The van der Waals surface area contributed by atoms with Gasteiger partial charge in [-0.05, 0) is 155 Å². The Morgan fingerprint density at radius 3 is 2.13 bits per heavy atom. The Bertz CT molecular complexity index is 2420. The van der Waals surface area contributed by atoms with Crippen molar-refractivity contribution in [2.24, 2.45) is 34.5 Å². The lowest BCUT2D eigenvalue weighted by molar-refractivity contribution is -0.134. The van der Waals surface area contributed by atoms with E-state index in [1.807, 2.05) is 11.8 Å². The molecule has 8 rings (SSSR count). The zero-order valence-electron chi connectivity index (χ0n) is 44.6. The fourth-order valence-electron chi connectivity index (χ4n) is 13.5. The molecule has 0 unspecified atom stereocenters. The van der Waals surface area contributed by atoms with Gasteiger partial charge in [0.15, 0.2) is 5.78 Å². The number of amides is 6. The van der Waals surface area contributed by atoms with E-state index in [-0.39, 0.29) is 103 Å². The maximum Gasteiger partial charge on any atom is 0.315 e. The Labute approximate surface area is 451 Å². The number of hydrogen-bond acceptors (Lipinski definition) is 12. The van der Waals surface area contributed by atoms with Crippen molar-refractivity contribution < 1.29 is 52.9 Å². The van der Waals surface area contributed by atoms with Crippen molar-refractivity contribution in [2.75, 3.05) is 62.5 Å². The molecule has 11 atom stereocenters. The van der Waals surface area contributed by atoms with Gasteiger partial charge in [-0.15, -0.1) is 0 Å². The molecular formula is C58H80N6O11S. The van der Waals surface area contributed by atoms with Gasteiger partial charge in [0.25, 0.3) is 0 Å². The average molecular weight is 1070 g/mol. The summed E-state index contributed by atoms with van der Waals surface area (Å²) in [7, 11) is 0. The number of ether oxygens (including phenoxy) is 3. The van der Waals surface area contributed by atoms with Crippen molar-refractivity contribution in [3.8, 4) is 0 Å². The van der Waals surface area contributed by atoms with Crippen LogP contribution in [0.4, 0.5) is 16.2 Å². The normalized spacial score (nSPS) is 29.1. The molecule has 17 nitrogen and oxygen atoms in total. The second kappa shape index (κ2) is 26.5. The fourth-order valence-corrected chi connectivity index (χ4v) is 15.0. The summed E-state index contributed by atoms with van der Waals surface area (Å²) in [6.07, 6.45) is 14.4. The molecule has 6 amide bonds. The number of fused-ring (bicyclic) bond motifs is 6. The number of hydrogen-bond donors (Lipinski definition) is 7. The zero-order chi connectivity index (χ0) is 53.8. The van der Waals surface area contributed by atoms with Crippen LogP contribution < -0.4 is 31.9 Å². The van der Waals surface area contributed by atoms with E-state index in [4.69, 9.17) is 14.2 Å². The highest BCUT2D eigenvalue weighted by Gasteiger charge is 2.61. The van der Waals surface area contributed by atoms with Gasteiger partial charge in [0, 0.05) is 65.4 Å². The molecule has 5 fully saturated rings. The molecule has 2 saturated heterocycles. The van der Waals surface area contributed by atoms with Gasteiger partial charge in [-0.3, -0.25) is 28.8 Å². The Morgan fingerprint density at radius 2 is 1.41 bits per heavy atom. The Kier molecular flexibility index (Phi) is 19.9. The highest BCUT2D eigenvalue weighted by atomic mass is 32.2. The largest absolute Gasteiger partial charge is 0.393 e. The second-order valence-electron chi connectivity index (χ2n) is 22.5. The first kappa shape index (κ1) is 57.0. The number of rotatable bonds is 27. The van der Waals surface area contributed by atoms with Gasteiger partial charge >= 0.3 is 6.03 Å². The van der Waals surface area contributed by atoms with Crippen LogP contribution in [0.3, 0.4) is 0 Å². The van der Waals surface area contributed by atoms with Crippen LogP contribution in [0, 0.1) is 34.5 Å². The highest BCUT2D eigenvalue weighted by molar-refractivity contribution is 8.00. The molecule has 2 heterocycles. The molecule has 7 N–H and O–H groups in total. The molecule has 18 heteroatoms. The van der Waals surface area contributed by atoms with Gasteiger partial charge in [-0.25, -0.2) is 4.79 Å². The average Bonchev–Trinajstić information content (AvgIpc) is 4.24. The summed E-state index contributed by atoms with van der Waals surface area (Å²) in [6.45, 7) is 7.89. The lowest BCUT2D eigenvalue weighted by Crippen LogP contribution is -2.55. The van der Waals surface area contributed by atoms with Gasteiger partial charge in [0.05, 0.1) is 50.7 Å². The Hall–Kier alpha value is -5.14. The summed E-state index contributed by atoms with van der Waals surface area (Å²) < 4.78 is 17.7. The number of thioether (sulfide) groups is 1. The molecule has 0 spiro atoms. The van der Waals surface area contributed by atoms with Crippen LogP contribution in [-0.4, -0.2) is 128 Å². The van der Waals surface area contributed by atoms with E-state index >= 15 is 0 Å². The number of urea groups is 1. The van der Waals surface area contributed by atoms with Crippen LogP contribution >= 0.6 is 11.8 Å². The smallest absolute Gasteiger partial charge is 0.315 e. The van der Waals surface area contributed by atoms with Crippen LogP contribution in [0.25, 0.3) is 0 Å². The van der Waals surface area contributed by atoms with E-state index < -0.39 is 0 Å². The summed E-state index contributed by atoms with van der Waals surface area (Å²) in [5.41, 5.74) is 3.22. The third-order valence-electron chi connectivity index (χ3n) is 17.5. The van der Waals surface area contributed by atoms with Crippen molar-refractivity contribution >= 4 is 64.4 Å². The van der Waals surface area contributed by atoms with Crippen molar-refractivity contribution in [3.05, 3.63) is 71.3 Å². The van der Waals surface area contributed by atoms with E-state index in [1.165, 1.54) is 5.57 Å². The van der Waals surface area contributed by atoms with Crippen LogP contribution in [0.15, 0.2) is 60.2 Å². The first-order chi connectivity index (χ1) is 36.6. The zero-order valence-corrected chi connectivity index (χ0v) is 45.4. The molecule has 2 aliphatic heterocycles. The number of carbonyl (C=O) groups excluding carboxylic acids is 7. The molecule has 4 aliphatic carbocycles. The third-order valence-corrected chi connectivity index (χ3v) is 19.0. The summed E-state index contributed by atoms with van der Waals surface area (Å²) in [5.74, 6) is 1.41. The molecule has 0 aromatic heterocycles. The second-order valence-corrected chi connectivity index (χ2v) is 23.7. The number of carbonyl (C=O) groups is 7. The Morgan fingerprint density at radius 1 is 0.724 bits per heavy atom. The summed E-state index contributed by atoms with van der Waals surface area (Å²) in [6, 6.07) is 13.3. The number of nitrogens with one attached hydrogen (secondary N) is 6. The number of Topliss-reactive ketones (excluding diaryl/α,β-unsaturated/α-hetero) is 1. The van der Waals surface area contributed by atoms with Gasteiger partial charge in [0.1, 0.15) is 12.4 Å². The molecule has 2 aromatic rings. The predicted molar refractivity (Wildman–Crippen MR) is 291 cm³/mol. The van der Waals surface area contributed by atoms with Crippen molar-refractivity contribution in [1.29, 1.82) is 0 Å². The predicted octanol–water partition coefficient (Wildman–Crippen LogP) is 6.87. The van der Waals surface area contributed by atoms with Crippen LogP contribution in [0.5, 0.6) is 0 Å². The SMILES string of the molecule is CC(=O)[C@H]1CC[C@H]2[C@@H]3[C@H](OCCCCCC(=O)NCC(=O)Nc4ccc(C(=O)c5ccc(NC(=O)COCCOCCNC(=O)CCCC[C@@H]6SC[C@@H]7NC(=O)N[C@@H]76)cc5)cc4)C=C4C[C@@H](O)CC[C@]4(C)[C@H]3CC[C@]12C. The molecule has 414 valence electrons. The minimum absolute atomic E-state index is 0.00179. The van der Waals surface area contributed by atoms with E-state index in [0.29, 0.717) is 96.7 Å². The summed E-state index contributed by atoms with van der Waals surface area (Å²) in [5, 5.41) is 28.0. The number of benzene rings is 2. The maximum absolute atomic E-state index is 13.2. The fraction of sp³-hybridized carbons (Fsp3) is 0.638. The van der Waals surface area contributed by atoms with Gasteiger partial charge < -0.3 is 51.2 Å². The van der Waals surface area contributed by atoms with Crippen LogP contribution in [0.1, 0.15) is 133 Å². The number of aliphatic hydroxyl groups excluding tert-OH is 1. The number of ketones is 2. The minimum atomic E-state index is -0.386. The number of unbranched alkanes of at least 4 members (excludes halogenated alkanes) is 3. The maximum atomic E-state index is 13.2. The minimum Gasteiger partial charge on any atom is -0.393 e. The molecule has 0 bridgehead atoms. The van der Waals surface area contributed by atoms with Crippen molar-refractivity contribution in [1.82, 2.24) is 21.3 Å². The monoisotopic (exact) mass is 1070 g/mol. The van der Waals surface area contributed by atoms with Crippen molar-refractivity contribution in [2.45, 2.75) is 147 Å². The van der Waals surface area contributed by atoms with E-state index in [9.17, 15) is 38.7 Å². The lowest BCUT2D eigenvalue weighted by Gasteiger charge is -2.59. The molecule has 6 aliphatic rings. The standard InChI is InChI=1S/C58H80N6O11S/c1-36(65)43-20-21-44-53-45(23-25-58(43,44)3)57(2)24-22-42(66)31-39(57)32-47(53)75-27-8-4-5-10-50(68)60-33-51(69)61-40-16-12-37(13-17-40)55(71)38-14-18-41(19-15-38)62-52(70)34-74-30-29-73-28-26-59-49(67)11-7-6-9-48-54-46(35-76-48)63-56(72)64-54/h12-19,32,42-48,53-54,66H,4-11,20-31,33-35H2,1-3H3,(H,59,67)(H,60,68)(H,61,69)(H,62,70)(H2,63,64,72)/t42-,43+,44-,45-,46-,47+,48-,53-,54-,57-,58+/m0/s1. The van der Waals surface area contributed by atoms with E-state index in [0.717, 1.165) is 76.4 Å². The van der Waals surface area contributed by atoms with E-state index in [1.54, 1.807) is 55.5 Å². The first-order valence-corrected chi connectivity index (χ1v) is 28.9. The van der Waals surface area contributed by atoms with Gasteiger partial charge in [0.2, 0.25) is 23.6 Å². The van der Waals surface area contributed by atoms with Crippen LogP contribution in [-0.2, 0) is 38.2 Å². The quantitative estimate of drug-likeness (QED) is 0.0210. The molecule has 2 aromatic carbocycles. The molecule has 3 saturated carbocycles. The van der Waals surface area contributed by atoms with E-state index in [2.05, 4.69) is 51.8 Å². The number of aliphatic hydroxyl groups is 1. The summed E-state index contributed by atoms with van der Waals surface area (Å²) in [4.78, 5) is 87.6. The van der Waals surface area contributed by atoms with Crippen molar-refractivity contribution in [3.63, 3.8) is 0 Å². The topological polar surface area (TPSA) is 240 Å². The van der Waals surface area contributed by atoms with Gasteiger partial charge in [-0.2, -0.15) is 11.8 Å². The molecule has 76 heavy (non-hydrogen) atoms. The summed E-state index contributed by atoms with van der Waals surface area (Å²) >= 11 is 1.87. The molecule has 0 radical (unpaired) electrons. The number of anilines is 2. The Balaban J connectivity index is 0.651. The lowest BCUT2D eigenvalue weighted by atomic mass is 9.46. The van der Waals surface area contributed by atoms with Crippen LogP contribution in [0.2, 0.25) is 0 Å². The molecular weight excluding hydrogens is 989 g/mol. The van der Waals surface area contributed by atoms with Gasteiger partial charge in [-0.1, -0.05) is 38.3 Å².